The molecule has 7 heteroatoms. The van der Waals surface area contributed by atoms with E-state index in [0.29, 0.717) is 31.5 Å². The molecule has 1 aromatic carbocycles. The van der Waals surface area contributed by atoms with E-state index in [0.717, 1.165) is 12.2 Å². The number of rotatable bonds is 3. The Labute approximate surface area is 144 Å². The molecule has 5 nitrogen and oxygen atoms in total. The number of hydrogen-bond acceptors (Lipinski definition) is 4. The minimum Gasteiger partial charge on any atom is -0.345 e. The second kappa shape index (κ2) is 7.34. The third-order valence-electron chi connectivity index (χ3n) is 4.42. The van der Waals surface area contributed by atoms with Crippen LogP contribution in [0.1, 0.15) is 29.6 Å². The van der Waals surface area contributed by atoms with Gasteiger partial charge in [-0.1, -0.05) is 11.8 Å². The van der Waals surface area contributed by atoms with Gasteiger partial charge in [0.05, 0.1) is 12.0 Å². The van der Waals surface area contributed by atoms with Crippen LogP contribution in [-0.4, -0.2) is 46.7 Å². The van der Waals surface area contributed by atoms with Gasteiger partial charge in [0.1, 0.15) is 5.82 Å². The monoisotopic (exact) mass is 350 g/mol. The van der Waals surface area contributed by atoms with Gasteiger partial charge in [-0.2, -0.15) is 0 Å². The Morgan fingerprint density at radius 3 is 2.62 bits per heavy atom. The number of halogens is 1. The molecule has 2 heterocycles. The maximum absolute atomic E-state index is 13.0. The molecule has 0 spiro atoms. The fourth-order valence-electron chi connectivity index (χ4n) is 3.07. The first-order valence-corrected chi connectivity index (χ1v) is 9.05. The van der Waals surface area contributed by atoms with Gasteiger partial charge in [-0.05, 0) is 43.5 Å². The Kier molecular flexibility index (Phi) is 5.18. The van der Waals surface area contributed by atoms with E-state index in [-0.39, 0.29) is 28.7 Å². The Bertz CT molecular complexity index is 650. The van der Waals surface area contributed by atoms with E-state index in [1.807, 2.05) is 0 Å². The third kappa shape index (κ3) is 3.77. The lowest BCUT2D eigenvalue weighted by Crippen LogP contribution is -2.48. The molecule has 0 saturated carbocycles. The average molecular weight is 350 g/mol. The zero-order valence-corrected chi connectivity index (χ0v) is 14.0. The molecule has 1 N–H and O–H groups in total. The Hall–Kier alpha value is -1.89. The molecule has 2 fully saturated rings. The predicted octanol–water partition coefficient (Wildman–Crippen LogP) is 1.83. The fraction of sp³-hybridized carbons (Fsp3) is 0.471. The minimum absolute atomic E-state index is 0.0124. The van der Waals surface area contributed by atoms with Crippen molar-refractivity contribution in [2.75, 3.05) is 18.8 Å². The van der Waals surface area contributed by atoms with Crippen molar-refractivity contribution in [3.05, 3.63) is 35.6 Å². The number of nitrogens with zero attached hydrogens (tertiary/aromatic N) is 1. The number of amides is 2. The van der Waals surface area contributed by atoms with Gasteiger partial charge in [0.2, 0.25) is 11.0 Å². The van der Waals surface area contributed by atoms with Crippen LogP contribution in [0.15, 0.2) is 24.3 Å². The van der Waals surface area contributed by atoms with Crippen molar-refractivity contribution in [1.29, 1.82) is 0 Å². The number of thioether (sulfide) groups is 1. The van der Waals surface area contributed by atoms with Crippen LogP contribution in [-0.2, 0) is 9.59 Å². The molecule has 0 aromatic heterocycles. The molecule has 0 bridgehead atoms. The highest BCUT2D eigenvalue weighted by Gasteiger charge is 2.33. The highest BCUT2D eigenvalue weighted by molar-refractivity contribution is 8.14. The lowest BCUT2D eigenvalue weighted by Gasteiger charge is -2.32. The topological polar surface area (TPSA) is 66.5 Å². The first-order valence-electron chi connectivity index (χ1n) is 8.06. The molecule has 0 unspecified atom stereocenters. The summed E-state index contributed by atoms with van der Waals surface area (Å²) in [6.45, 7) is 0.911. The van der Waals surface area contributed by atoms with Gasteiger partial charge in [-0.25, -0.2) is 4.39 Å². The lowest BCUT2D eigenvalue weighted by molar-refractivity contribution is -0.129. The van der Waals surface area contributed by atoms with E-state index >= 15 is 0 Å². The van der Waals surface area contributed by atoms with E-state index in [9.17, 15) is 18.8 Å². The van der Waals surface area contributed by atoms with Gasteiger partial charge in [0.15, 0.2) is 0 Å². The van der Waals surface area contributed by atoms with E-state index in [1.165, 1.54) is 36.0 Å². The van der Waals surface area contributed by atoms with Gasteiger partial charge >= 0.3 is 0 Å². The number of benzene rings is 1. The Morgan fingerprint density at radius 1 is 1.21 bits per heavy atom. The molecule has 128 valence electrons. The zero-order chi connectivity index (χ0) is 17.1. The molecular weight excluding hydrogens is 331 g/mol. The van der Waals surface area contributed by atoms with Crippen LogP contribution in [0.2, 0.25) is 0 Å². The van der Waals surface area contributed by atoms with Crippen molar-refractivity contribution < 1.29 is 18.8 Å². The molecule has 2 aliphatic rings. The number of piperidine rings is 1. The summed E-state index contributed by atoms with van der Waals surface area (Å²) in [4.78, 5) is 38.1. The lowest BCUT2D eigenvalue weighted by atomic mass is 9.96. The Balaban J connectivity index is 1.61. The predicted molar refractivity (Wildman–Crippen MR) is 89.0 cm³/mol. The molecule has 2 aliphatic heterocycles. The maximum Gasteiger partial charge on any atom is 0.253 e. The molecule has 2 atom stereocenters. The fourth-order valence-corrected chi connectivity index (χ4v) is 4.00. The van der Waals surface area contributed by atoms with Gasteiger partial charge in [0, 0.05) is 24.4 Å². The van der Waals surface area contributed by atoms with Crippen LogP contribution < -0.4 is 5.32 Å². The van der Waals surface area contributed by atoms with E-state index in [2.05, 4.69) is 5.32 Å². The van der Waals surface area contributed by atoms with Crippen molar-refractivity contribution in [2.24, 2.45) is 5.92 Å². The molecule has 0 radical (unpaired) electrons. The second-order valence-corrected chi connectivity index (χ2v) is 7.21. The highest BCUT2D eigenvalue weighted by atomic mass is 32.2. The minimum atomic E-state index is -0.398. The Morgan fingerprint density at radius 2 is 1.96 bits per heavy atom. The van der Waals surface area contributed by atoms with Gasteiger partial charge in [-0.15, -0.1) is 0 Å². The number of hydrogen-bond donors (Lipinski definition) is 1. The summed E-state index contributed by atoms with van der Waals surface area (Å²) < 4.78 is 13.0. The normalized spacial score (nSPS) is 24.0. The van der Waals surface area contributed by atoms with Crippen molar-refractivity contribution >= 4 is 28.7 Å². The summed E-state index contributed by atoms with van der Waals surface area (Å²) in [5.74, 6) is -0.306. The van der Waals surface area contributed by atoms with Crippen LogP contribution >= 0.6 is 11.8 Å². The number of carbonyl (C=O) groups is 3. The van der Waals surface area contributed by atoms with Crippen LogP contribution in [0.25, 0.3) is 0 Å². The number of likely N-dealkylation sites (tertiary alicyclic amines) is 1. The van der Waals surface area contributed by atoms with Crippen molar-refractivity contribution in [3.63, 3.8) is 0 Å². The van der Waals surface area contributed by atoms with Crippen molar-refractivity contribution in [2.45, 2.75) is 25.3 Å². The van der Waals surface area contributed by atoms with E-state index in [4.69, 9.17) is 0 Å². The van der Waals surface area contributed by atoms with Crippen LogP contribution in [0.3, 0.4) is 0 Å². The summed E-state index contributed by atoms with van der Waals surface area (Å²) >= 11 is 1.25. The van der Waals surface area contributed by atoms with E-state index in [1.54, 1.807) is 4.90 Å². The second-order valence-electron chi connectivity index (χ2n) is 6.11. The molecular formula is C17H19FN2O3S. The van der Waals surface area contributed by atoms with Crippen LogP contribution in [0.5, 0.6) is 0 Å². The van der Waals surface area contributed by atoms with Gasteiger partial charge in [-0.3, -0.25) is 14.4 Å². The smallest absolute Gasteiger partial charge is 0.253 e. The van der Waals surface area contributed by atoms with Gasteiger partial charge in [0.25, 0.3) is 5.91 Å². The largest absolute Gasteiger partial charge is 0.345 e. The third-order valence-corrected chi connectivity index (χ3v) is 5.43. The highest BCUT2D eigenvalue weighted by Crippen LogP contribution is 2.22. The zero-order valence-electron chi connectivity index (χ0n) is 13.2. The van der Waals surface area contributed by atoms with Gasteiger partial charge < -0.3 is 10.2 Å². The molecule has 0 aliphatic carbocycles. The average Bonchev–Trinajstić information content (AvgIpc) is 3.00. The standard InChI is InChI=1S/C17H19FN2O3S/c18-13-5-3-11(4-6-13)16(22)20-8-1-2-12(10-20)15(21)19-14-7-9-24-17(14)23/h3-6,12,14H,1-2,7-10H2,(H,19,21)/t12-,14+/m1/s1. The molecule has 2 saturated heterocycles. The summed E-state index contributed by atoms with van der Waals surface area (Å²) in [6.07, 6.45) is 2.10. The molecule has 3 rings (SSSR count). The quantitative estimate of drug-likeness (QED) is 0.903. The summed E-state index contributed by atoms with van der Waals surface area (Å²) in [6, 6.07) is 5.02. The molecule has 24 heavy (non-hydrogen) atoms. The summed E-state index contributed by atoms with van der Waals surface area (Å²) in [5.41, 5.74) is 0.417. The summed E-state index contributed by atoms with van der Waals surface area (Å²) in [5, 5.41) is 2.82. The number of nitrogens with one attached hydrogen (secondary N) is 1. The maximum atomic E-state index is 13.0. The first-order chi connectivity index (χ1) is 11.5. The molecule has 1 aromatic rings. The molecule has 2 amide bonds. The van der Waals surface area contributed by atoms with E-state index < -0.39 is 6.04 Å². The first kappa shape index (κ1) is 17.0. The summed E-state index contributed by atoms with van der Waals surface area (Å²) in [7, 11) is 0. The van der Waals surface area contributed by atoms with Crippen molar-refractivity contribution in [1.82, 2.24) is 10.2 Å². The van der Waals surface area contributed by atoms with Crippen molar-refractivity contribution in [3.8, 4) is 0 Å². The van der Waals surface area contributed by atoms with Crippen LogP contribution in [0, 0.1) is 11.7 Å². The number of carbonyl (C=O) groups excluding carboxylic acids is 3. The SMILES string of the molecule is O=C(N[C@H]1CCSC1=O)[C@@H]1CCCN(C(=O)c2ccc(F)cc2)C1. The van der Waals surface area contributed by atoms with Crippen LogP contribution in [0.4, 0.5) is 4.39 Å².